The molecule has 6 heterocycles. The van der Waals surface area contributed by atoms with Gasteiger partial charge in [0, 0.05) is 88.6 Å². The number of nitrogens with zero attached hydrogens (tertiary/aromatic N) is 4. The fraction of sp³-hybridized carbons (Fsp3) is 0.290. The third-order valence-electron chi connectivity index (χ3n) is 16.3. The Hall–Kier alpha value is -9.56. The summed E-state index contributed by atoms with van der Waals surface area (Å²) in [6.07, 6.45) is 0.750. The first-order chi connectivity index (χ1) is 46.6. The maximum atomic E-state index is 12.7. The van der Waals surface area contributed by atoms with Crippen LogP contribution in [0.3, 0.4) is 0 Å². The molecule has 3 aliphatic rings. The average molecular weight is 1400 g/mol. The smallest absolute Gasteiger partial charge is 0.291 e. The average Bonchev–Trinajstić information content (AvgIpc) is 0.800. The van der Waals surface area contributed by atoms with Crippen molar-refractivity contribution in [3.8, 4) is 0 Å². The van der Waals surface area contributed by atoms with Gasteiger partial charge in [-0.1, -0.05) is 18.2 Å². The van der Waals surface area contributed by atoms with Crippen LogP contribution in [-0.2, 0) is 49.1 Å². The molecule has 26 nitrogen and oxygen atoms in total. The number of rotatable bonds is 13. The summed E-state index contributed by atoms with van der Waals surface area (Å²) >= 11 is 0. The number of aryl methyl sites for hydroxylation is 6. The van der Waals surface area contributed by atoms with Gasteiger partial charge in [0.1, 0.15) is 16.7 Å². The molecule has 0 radical (unpaired) electrons. The minimum atomic E-state index is -3.62. The molecule has 0 unspecified atom stereocenters. The summed E-state index contributed by atoms with van der Waals surface area (Å²) in [4.78, 5) is 86.4. The maximum absolute atomic E-state index is 12.7. The number of carbonyl (C=O) groups excluding carboxylic acids is 4. The van der Waals surface area contributed by atoms with Crippen LogP contribution in [0.2, 0.25) is 0 Å². The zero-order valence-electron chi connectivity index (χ0n) is 55.0. The van der Waals surface area contributed by atoms with Gasteiger partial charge >= 0.3 is 0 Å². The van der Waals surface area contributed by atoms with Gasteiger partial charge in [0.2, 0.25) is 36.5 Å². The van der Waals surface area contributed by atoms with Crippen molar-refractivity contribution in [3.63, 3.8) is 0 Å². The van der Waals surface area contributed by atoms with Crippen molar-refractivity contribution < 1.29 is 71.9 Å². The Labute approximate surface area is 564 Å². The van der Waals surface area contributed by atoms with Gasteiger partial charge in [-0.2, -0.15) is 12.9 Å². The summed E-state index contributed by atoms with van der Waals surface area (Å²) in [5.74, 6) is -2.13. The van der Waals surface area contributed by atoms with Crippen LogP contribution in [0.5, 0.6) is 0 Å². The molecule has 3 aromatic heterocycles. The van der Waals surface area contributed by atoms with E-state index in [0.29, 0.717) is 129 Å². The summed E-state index contributed by atoms with van der Waals surface area (Å²) < 4.78 is 113. The normalized spacial score (nSPS) is 14.7. The highest BCUT2D eigenvalue weighted by Crippen LogP contribution is 2.27. The van der Waals surface area contributed by atoms with Crippen molar-refractivity contribution in [2.45, 2.75) is 56.2 Å². The second kappa shape index (κ2) is 31.3. The Morgan fingerprint density at radius 1 is 0.388 bits per heavy atom. The highest BCUT2D eigenvalue weighted by molar-refractivity contribution is 7.89. The molecule has 3 saturated heterocycles. The molecule has 6 aromatic carbocycles. The Morgan fingerprint density at radius 2 is 0.612 bits per heavy atom. The molecule has 9 aromatic rings. The van der Waals surface area contributed by atoms with E-state index < -0.39 is 47.8 Å². The minimum absolute atomic E-state index is 0.115. The lowest BCUT2D eigenvalue weighted by atomic mass is 10.1. The zero-order valence-corrected chi connectivity index (χ0v) is 57.4. The quantitative estimate of drug-likeness (QED) is 0.0928. The summed E-state index contributed by atoms with van der Waals surface area (Å²) in [6.45, 7) is 15.2. The second-order valence-corrected chi connectivity index (χ2v) is 28.9. The molecule has 516 valence electrons. The molecule has 0 bridgehead atoms. The molecule has 0 saturated carbocycles. The number of morpholine rings is 3. The van der Waals surface area contributed by atoms with E-state index in [0.717, 1.165) is 58.0 Å². The lowest BCUT2D eigenvalue weighted by molar-refractivity contribution is -0.115. The predicted octanol–water partition coefficient (Wildman–Crippen LogP) is 7.75. The van der Waals surface area contributed by atoms with Gasteiger partial charge in [-0.05, 0) is 166 Å². The molecule has 0 spiro atoms. The minimum Gasteiger partial charge on any atom is -0.450 e. The Kier molecular flexibility index (Phi) is 23.2. The third kappa shape index (κ3) is 16.9. The number of benzene rings is 6. The topological polar surface area (TPSA) is 338 Å². The summed E-state index contributed by atoms with van der Waals surface area (Å²) in [7, 11) is -7.48. The molecule has 0 aliphatic carbocycles. The lowest BCUT2D eigenvalue weighted by Crippen LogP contribution is -2.40. The van der Waals surface area contributed by atoms with Gasteiger partial charge in [0.25, 0.3) is 17.7 Å². The van der Waals surface area contributed by atoms with Gasteiger partial charge in [-0.15, -0.1) is 0 Å². The Balaban J connectivity index is 0.000000166. The number of ether oxygens (including phenoxy) is 3. The van der Waals surface area contributed by atoms with E-state index >= 15 is 0 Å². The summed E-state index contributed by atoms with van der Waals surface area (Å²) in [5.41, 5.74) is 6.61. The Morgan fingerprint density at radius 3 is 0.827 bits per heavy atom. The van der Waals surface area contributed by atoms with Crippen LogP contribution in [0.15, 0.2) is 170 Å². The van der Waals surface area contributed by atoms with E-state index in [2.05, 4.69) is 16.0 Å². The van der Waals surface area contributed by atoms with Crippen LogP contribution in [0.1, 0.15) is 65.0 Å². The number of anilines is 3. The van der Waals surface area contributed by atoms with E-state index in [4.69, 9.17) is 27.5 Å². The van der Waals surface area contributed by atoms with Crippen molar-refractivity contribution >= 4 is 104 Å². The van der Waals surface area contributed by atoms with Crippen molar-refractivity contribution in [1.82, 2.24) is 17.8 Å². The molecule has 3 aliphatic heterocycles. The zero-order chi connectivity index (χ0) is 70.8. The van der Waals surface area contributed by atoms with Crippen molar-refractivity contribution in [3.05, 3.63) is 209 Å². The van der Waals surface area contributed by atoms with Gasteiger partial charge in [-0.25, -0.2) is 25.3 Å². The summed E-state index contributed by atoms with van der Waals surface area (Å²) in [5, 5.41) is 9.17. The summed E-state index contributed by atoms with van der Waals surface area (Å²) in [6, 6.07) is 31.6. The van der Waals surface area contributed by atoms with Crippen LogP contribution in [0.25, 0.3) is 32.9 Å². The van der Waals surface area contributed by atoms with E-state index in [1.165, 1.54) is 90.6 Å². The fourth-order valence-electron chi connectivity index (χ4n) is 10.2. The molecular weight excluding hydrogens is 1330 g/mol. The standard InChI is InChI=1S/3C22H22N2O6S.C3H7NO/c3*1-14-3-8-18-19(25)13-20(30-21(18)15(14)2)22(26)23-16-4-6-17(7-5-16)31(27,28)24-9-11-29-12-10-24;1-4(2)3-5/h3*3-8,13H,9-12H2,1-2H3,(H,23,26);3H,1-2H3. The van der Waals surface area contributed by atoms with Gasteiger partial charge in [0.15, 0.2) is 33.6 Å². The first kappa shape index (κ1) is 72.7. The highest BCUT2D eigenvalue weighted by Gasteiger charge is 2.30. The molecule has 4 amide bonds. The number of hydrogen-bond donors (Lipinski definition) is 3. The molecule has 3 fully saturated rings. The van der Waals surface area contributed by atoms with E-state index in [9.17, 15) is 58.8 Å². The molecule has 98 heavy (non-hydrogen) atoms. The van der Waals surface area contributed by atoms with E-state index in [1.54, 1.807) is 32.3 Å². The first-order valence-electron chi connectivity index (χ1n) is 30.8. The number of amides is 4. The van der Waals surface area contributed by atoms with Crippen LogP contribution < -0.4 is 32.2 Å². The maximum Gasteiger partial charge on any atom is 0.291 e. The van der Waals surface area contributed by atoms with E-state index in [-0.39, 0.29) is 48.3 Å². The first-order valence-corrected chi connectivity index (χ1v) is 35.1. The number of nitrogens with one attached hydrogen (secondary N) is 3. The number of hydrogen-bond acceptors (Lipinski definition) is 19. The van der Waals surface area contributed by atoms with Crippen LogP contribution >= 0.6 is 0 Å². The third-order valence-corrected chi connectivity index (χ3v) is 22.0. The van der Waals surface area contributed by atoms with Crippen molar-refractivity contribution in [2.24, 2.45) is 0 Å². The fourth-order valence-corrected chi connectivity index (χ4v) is 14.4. The highest BCUT2D eigenvalue weighted by atomic mass is 32.2. The van der Waals surface area contributed by atoms with Crippen LogP contribution in [0.4, 0.5) is 17.1 Å². The van der Waals surface area contributed by atoms with Crippen molar-refractivity contribution in [2.75, 3.05) is 109 Å². The van der Waals surface area contributed by atoms with Gasteiger partial charge in [-0.3, -0.25) is 33.6 Å². The number of carbonyl (C=O) groups is 4. The molecule has 12 rings (SSSR count). The number of sulfonamides is 3. The lowest BCUT2D eigenvalue weighted by Gasteiger charge is -2.26. The SMILES string of the molecule is CN(C)C=O.Cc1ccc2c(=O)cc(C(=O)Nc3ccc(S(=O)(=O)N4CCOCC4)cc3)oc2c1C.Cc1ccc2c(=O)cc(C(=O)Nc3ccc(S(=O)(=O)N4CCOCC4)cc3)oc2c1C.Cc1ccc2c(=O)cc(C(=O)Nc3ccc(S(=O)(=O)N4CCOCC4)cc3)oc2c1C. The molecular formula is C69H73N7O19S3. The van der Waals surface area contributed by atoms with Gasteiger partial charge in [0.05, 0.1) is 70.5 Å². The van der Waals surface area contributed by atoms with Crippen LogP contribution in [-0.4, -0.2) is 160 Å². The van der Waals surface area contributed by atoms with Crippen LogP contribution in [0, 0.1) is 41.5 Å². The molecule has 29 heteroatoms. The van der Waals surface area contributed by atoms with Gasteiger partial charge < -0.3 is 48.3 Å². The second-order valence-electron chi connectivity index (χ2n) is 23.1. The molecule has 0 atom stereocenters. The largest absolute Gasteiger partial charge is 0.450 e. The van der Waals surface area contributed by atoms with E-state index in [1.807, 2.05) is 59.7 Å². The Bertz CT molecular complexity index is 4530. The number of fused-ring (bicyclic) bond motifs is 3. The van der Waals surface area contributed by atoms with Crippen molar-refractivity contribution in [1.29, 1.82) is 0 Å². The molecule has 3 N–H and O–H groups in total. The predicted molar refractivity (Wildman–Crippen MR) is 368 cm³/mol. The monoisotopic (exact) mass is 1400 g/mol.